The minimum Gasteiger partial charge on any atom is -0.325 e. The predicted octanol–water partition coefficient (Wildman–Crippen LogP) is 3.67. The number of thiazole rings is 1. The molecule has 0 bridgehead atoms. The highest BCUT2D eigenvalue weighted by Crippen LogP contribution is 2.29. The second-order valence-electron chi connectivity index (χ2n) is 8.05. The Labute approximate surface area is 165 Å². The van der Waals surface area contributed by atoms with E-state index < -0.39 is 0 Å². The monoisotopic (exact) mass is 390 g/mol. The van der Waals surface area contributed by atoms with Crippen LogP contribution >= 0.6 is 11.3 Å². The number of carbonyl (C=O) groups is 2. The van der Waals surface area contributed by atoms with Gasteiger partial charge in [0.05, 0.1) is 11.6 Å². The number of nitrogens with one attached hydrogen (secondary N) is 1. The summed E-state index contributed by atoms with van der Waals surface area (Å²) >= 11 is 1.65. The summed E-state index contributed by atoms with van der Waals surface area (Å²) in [5.74, 6) is -0.104. The molecule has 1 atom stereocenters. The van der Waals surface area contributed by atoms with Crippen molar-refractivity contribution in [1.29, 1.82) is 0 Å². The fourth-order valence-electron chi connectivity index (χ4n) is 4.44. The SMILES string of the molecule is O=C(Nc1nc2c(s1)CCCCCC2)[C@H]1CCCN(C(=O)N2CCCC2)C1. The van der Waals surface area contributed by atoms with E-state index in [0.29, 0.717) is 6.54 Å². The van der Waals surface area contributed by atoms with E-state index in [2.05, 4.69) is 5.32 Å². The maximum Gasteiger partial charge on any atom is 0.320 e. The lowest BCUT2D eigenvalue weighted by molar-refractivity contribution is -0.121. The van der Waals surface area contributed by atoms with Crippen molar-refractivity contribution in [3.05, 3.63) is 10.6 Å². The highest BCUT2D eigenvalue weighted by molar-refractivity contribution is 7.15. The molecule has 0 unspecified atom stereocenters. The average molecular weight is 391 g/mol. The minimum atomic E-state index is -0.128. The molecule has 1 aliphatic carbocycles. The van der Waals surface area contributed by atoms with Crippen LogP contribution in [-0.4, -0.2) is 52.9 Å². The Morgan fingerprint density at radius 3 is 2.48 bits per heavy atom. The van der Waals surface area contributed by atoms with Crippen LogP contribution in [0.4, 0.5) is 9.93 Å². The Bertz CT molecular complexity index is 658. The zero-order valence-corrected chi connectivity index (χ0v) is 16.9. The second-order valence-corrected chi connectivity index (χ2v) is 9.14. The average Bonchev–Trinajstić information content (AvgIpc) is 3.32. The topological polar surface area (TPSA) is 65.5 Å². The molecule has 0 radical (unpaired) electrons. The van der Waals surface area contributed by atoms with E-state index in [4.69, 9.17) is 4.98 Å². The number of rotatable bonds is 2. The number of nitrogens with zero attached hydrogens (tertiary/aromatic N) is 3. The van der Waals surface area contributed by atoms with Gasteiger partial charge in [-0.15, -0.1) is 11.3 Å². The molecule has 3 amide bonds. The Balaban J connectivity index is 1.36. The van der Waals surface area contributed by atoms with Crippen LogP contribution in [-0.2, 0) is 17.6 Å². The molecule has 0 saturated carbocycles. The van der Waals surface area contributed by atoms with Crippen molar-refractivity contribution in [2.45, 2.75) is 64.2 Å². The van der Waals surface area contributed by atoms with Crippen molar-refractivity contribution in [2.24, 2.45) is 5.92 Å². The van der Waals surface area contributed by atoms with Crippen LogP contribution in [0.25, 0.3) is 0 Å². The predicted molar refractivity (Wildman–Crippen MR) is 107 cm³/mol. The number of anilines is 1. The lowest BCUT2D eigenvalue weighted by Crippen LogP contribution is -2.48. The number of piperidine rings is 1. The molecule has 2 fully saturated rings. The highest BCUT2D eigenvalue weighted by Gasteiger charge is 2.32. The van der Waals surface area contributed by atoms with Gasteiger partial charge in [-0.2, -0.15) is 0 Å². The molecule has 1 N–H and O–H groups in total. The van der Waals surface area contributed by atoms with Crippen LogP contribution in [0.15, 0.2) is 0 Å². The molecule has 1 aromatic rings. The number of fused-ring (bicyclic) bond motifs is 1. The van der Waals surface area contributed by atoms with E-state index in [1.54, 1.807) is 11.3 Å². The van der Waals surface area contributed by atoms with Crippen molar-refractivity contribution in [3.63, 3.8) is 0 Å². The molecule has 3 aliphatic rings. The smallest absolute Gasteiger partial charge is 0.320 e. The Kier molecular flexibility index (Phi) is 5.95. The molecule has 27 heavy (non-hydrogen) atoms. The summed E-state index contributed by atoms with van der Waals surface area (Å²) in [5, 5.41) is 3.80. The number of likely N-dealkylation sites (tertiary alicyclic amines) is 2. The van der Waals surface area contributed by atoms with E-state index in [-0.39, 0.29) is 17.9 Å². The van der Waals surface area contributed by atoms with E-state index in [9.17, 15) is 9.59 Å². The van der Waals surface area contributed by atoms with Crippen molar-refractivity contribution in [1.82, 2.24) is 14.8 Å². The molecule has 148 valence electrons. The van der Waals surface area contributed by atoms with Crippen LogP contribution in [0.1, 0.15) is 61.9 Å². The van der Waals surface area contributed by atoms with E-state index in [1.165, 1.54) is 36.3 Å². The van der Waals surface area contributed by atoms with Gasteiger partial charge in [0.1, 0.15) is 0 Å². The summed E-state index contributed by atoms with van der Waals surface area (Å²) in [4.78, 5) is 35.3. The lowest BCUT2D eigenvalue weighted by atomic mass is 9.97. The lowest BCUT2D eigenvalue weighted by Gasteiger charge is -2.34. The van der Waals surface area contributed by atoms with E-state index in [0.717, 1.165) is 63.3 Å². The Hall–Kier alpha value is -1.63. The maximum atomic E-state index is 12.8. The van der Waals surface area contributed by atoms with Crippen molar-refractivity contribution in [2.75, 3.05) is 31.5 Å². The molecule has 6 nitrogen and oxygen atoms in total. The van der Waals surface area contributed by atoms with Crippen LogP contribution in [0.5, 0.6) is 0 Å². The van der Waals surface area contributed by atoms with Gasteiger partial charge < -0.3 is 15.1 Å². The minimum absolute atomic E-state index is 0.0237. The zero-order valence-electron chi connectivity index (χ0n) is 16.0. The summed E-state index contributed by atoms with van der Waals surface area (Å²) in [6, 6.07) is 0.113. The van der Waals surface area contributed by atoms with Gasteiger partial charge in [0.25, 0.3) is 0 Å². The standard InChI is InChI=1S/C20H30N4O2S/c25-18(22-19-21-16-9-3-1-2-4-10-17(16)27-19)15-8-7-13-24(14-15)20(26)23-11-5-6-12-23/h15H,1-14H2,(H,21,22,25)/t15-/m0/s1. The van der Waals surface area contributed by atoms with Gasteiger partial charge in [-0.05, 0) is 51.4 Å². The van der Waals surface area contributed by atoms with Gasteiger partial charge >= 0.3 is 6.03 Å². The number of aromatic nitrogens is 1. The summed E-state index contributed by atoms with van der Waals surface area (Å²) in [7, 11) is 0. The molecule has 0 spiro atoms. The summed E-state index contributed by atoms with van der Waals surface area (Å²) < 4.78 is 0. The van der Waals surface area contributed by atoms with Crippen molar-refractivity contribution >= 4 is 28.4 Å². The third-order valence-electron chi connectivity index (χ3n) is 6.02. The first-order valence-corrected chi connectivity index (χ1v) is 11.4. The molecule has 2 saturated heterocycles. The first-order valence-electron chi connectivity index (χ1n) is 10.5. The highest BCUT2D eigenvalue weighted by atomic mass is 32.1. The number of aryl methyl sites for hydroxylation is 2. The fourth-order valence-corrected chi connectivity index (χ4v) is 5.49. The van der Waals surface area contributed by atoms with E-state index >= 15 is 0 Å². The summed E-state index contributed by atoms with van der Waals surface area (Å²) in [5.41, 5.74) is 1.18. The van der Waals surface area contributed by atoms with Gasteiger partial charge in [-0.25, -0.2) is 9.78 Å². The van der Waals surface area contributed by atoms with Gasteiger partial charge in [-0.1, -0.05) is 12.8 Å². The maximum absolute atomic E-state index is 12.8. The summed E-state index contributed by atoms with van der Waals surface area (Å²) in [6.45, 7) is 3.02. The number of urea groups is 1. The largest absolute Gasteiger partial charge is 0.325 e. The van der Waals surface area contributed by atoms with Crippen LogP contribution in [0.2, 0.25) is 0 Å². The van der Waals surface area contributed by atoms with Crippen LogP contribution < -0.4 is 5.32 Å². The summed E-state index contributed by atoms with van der Waals surface area (Å²) in [6.07, 6.45) is 11.0. The first kappa shape index (κ1) is 18.7. The number of amides is 3. The van der Waals surface area contributed by atoms with Gasteiger partial charge in [-0.3, -0.25) is 4.79 Å². The number of hydrogen-bond donors (Lipinski definition) is 1. The fraction of sp³-hybridized carbons (Fsp3) is 0.750. The van der Waals surface area contributed by atoms with Crippen LogP contribution in [0.3, 0.4) is 0 Å². The number of carbonyl (C=O) groups excluding carboxylic acids is 2. The van der Waals surface area contributed by atoms with Crippen LogP contribution in [0, 0.1) is 5.92 Å². The van der Waals surface area contributed by atoms with Gasteiger partial charge in [0, 0.05) is 31.1 Å². The van der Waals surface area contributed by atoms with Gasteiger partial charge in [0.15, 0.2) is 5.13 Å². The second kappa shape index (κ2) is 8.59. The molecule has 3 heterocycles. The quantitative estimate of drug-likeness (QED) is 0.838. The zero-order chi connectivity index (χ0) is 18.6. The molecule has 2 aliphatic heterocycles. The van der Waals surface area contributed by atoms with E-state index in [1.807, 2.05) is 9.80 Å². The molecule has 1 aromatic heterocycles. The molecule has 4 rings (SSSR count). The first-order chi connectivity index (χ1) is 13.2. The molecule has 0 aromatic carbocycles. The third-order valence-corrected chi connectivity index (χ3v) is 7.09. The Morgan fingerprint density at radius 1 is 0.926 bits per heavy atom. The molecule has 7 heteroatoms. The molecular weight excluding hydrogens is 360 g/mol. The Morgan fingerprint density at radius 2 is 1.67 bits per heavy atom. The molecular formula is C20H30N4O2S. The van der Waals surface area contributed by atoms with Gasteiger partial charge in [0.2, 0.25) is 5.91 Å². The number of hydrogen-bond acceptors (Lipinski definition) is 4. The normalized spacial score (nSPS) is 23.5. The third kappa shape index (κ3) is 4.45. The van der Waals surface area contributed by atoms with Crippen molar-refractivity contribution < 1.29 is 9.59 Å². The van der Waals surface area contributed by atoms with Crippen molar-refractivity contribution in [3.8, 4) is 0 Å².